The molecule has 0 aliphatic carbocycles. The van der Waals surface area contributed by atoms with E-state index in [0.717, 1.165) is 103 Å². The third-order valence-corrected chi connectivity index (χ3v) is 23.2. The average Bonchev–Trinajstić information content (AvgIpc) is 0.786. The number of hydrogen-bond acceptors (Lipinski definition) is 20. The van der Waals surface area contributed by atoms with Crippen LogP contribution in [0, 0.1) is 5.82 Å². The maximum Gasteiger partial charge on any atom is 0.263 e. The maximum atomic E-state index is 13.1. The van der Waals surface area contributed by atoms with E-state index in [1.807, 2.05) is 39.6 Å². The fraction of sp³-hybridized carbons (Fsp3) is 0.425. The summed E-state index contributed by atoms with van der Waals surface area (Å²) >= 11 is 60.4. The first-order valence-corrected chi connectivity index (χ1v) is 41.9. The van der Waals surface area contributed by atoms with Gasteiger partial charge in [-0.2, -0.15) is 0 Å². The number of hydrogen-bond donors (Lipinski definition) is 6. The number of rotatable bonds is 18. The third kappa shape index (κ3) is 20.9. The zero-order valence-corrected chi connectivity index (χ0v) is 72.5. The number of aromatic nitrogens is 10. The van der Waals surface area contributed by atoms with Crippen LogP contribution in [0.15, 0.2) is 78.6 Å². The van der Waals surface area contributed by atoms with E-state index in [9.17, 15) is 53.9 Å². The second-order valence-corrected chi connectivity index (χ2v) is 32.5. The van der Waals surface area contributed by atoms with Crippen LogP contribution in [0.4, 0.5) is 4.39 Å². The van der Waals surface area contributed by atoms with Crippen LogP contribution in [-0.4, -0.2) is 146 Å². The Kier molecular flexibility index (Phi) is 32.2. The van der Waals surface area contributed by atoms with Crippen LogP contribution in [0.25, 0.3) is 54.5 Å². The topological polar surface area (TPSA) is 301 Å². The minimum Gasteiger partial charge on any atom is -0.504 e. The van der Waals surface area contributed by atoms with Gasteiger partial charge in [0.05, 0.1) is 110 Å². The first-order valence-electron chi connectivity index (χ1n) is 38.1. The van der Waals surface area contributed by atoms with E-state index in [4.69, 9.17) is 116 Å². The van der Waals surface area contributed by atoms with Crippen molar-refractivity contribution in [3.63, 3.8) is 0 Å². The highest BCUT2D eigenvalue weighted by atomic mass is 35.5. The van der Waals surface area contributed by atoms with Crippen molar-refractivity contribution in [2.45, 2.75) is 157 Å². The molecule has 622 valence electrons. The number of fused-ring (bicyclic) bond motifs is 5. The number of nitrogens with zero attached hydrogens (tertiary/aromatic N) is 14. The molecule has 116 heavy (non-hydrogen) atoms. The van der Waals surface area contributed by atoms with Gasteiger partial charge >= 0.3 is 0 Å². The Balaban J connectivity index is 0.000000154. The molecule has 0 spiro atoms. The summed E-state index contributed by atoms with van der Waals surface area (Å²) in [6.07, 6.45) is 12.5. The molecule has 11 aromatic rings. The van der Waals surface area contributed by atoms with E-state index in [0.29, 0.717) is 88.0 Å². The summed E-state index contributed by atoms with van der Waals surface area (Å²) in [6, 6.07) is 13.1. The van der Waals surface area contributed by atoms with E-state index in [-0.39, 0.29) is 167 Å². The molecule has 8 heterocycles. The van der Waals surface area contributed by atoms with Crippen LogP contribution in [0.2, 0.25) is 50.2 Å². The maximum absolute atomic E-state index is 13.1. The highest BCUT2D eigenvalue weighted by Crippen LogP contribution is 2.40. The Morgan fingerprint density at radius 3 is 1.04 bits per heavy atom. The molecule has 14 rings (SSSR count). The lowest BCUT2D eigenvalue weighted by atomic mass is 10.1. The summed E-state index contributed by atoms with van der Waals surface area (Å²) in [4.78, 5) is 94.5. The van der Waals surface area contributed by atoms with Gasteiger partial charge in [-0.3, -0.25) is 66.4 Å². The second-order valence-electron chi connectivity index (χ2n) is 28.5. The molecule has 0 saturated carbocycles. The van der Waals surface area contributed by atoms with Gasteiger partial charge in [0.1, 0.15) is 62.5 Å². The number of phenols is 5. The SMILES string of the molecule is CCCNCc1nc2c(O)c(Cl)cc(Cl)c2c(=O)n1C.CCCn1c(CN2CCCCC2)nc2c(O)c(Cl)cc(Cl)c2c1=O.CCn1c(CN(C)Cc2ccc(F)cc2)nc2c(O)c(Cl)cc(Cl)c2c1=O.CCn1c(CN2CCCCC2)nc2c(O)c(Cl)cc(Cl)c2c1=O.Cn1c(CN2CCCCC2)nc2c(O)c(Cl)cc(Cl)c2c1=O. The van der Waals surface area contributed by atoms with Gasteiger partial charge in [0.15, 0.2) is 28.7 Å². The summed E-state index contributed by atoms with van der Waals surface area (Å²) in [5.74, 6) is 1.55. The average molecular weight is 1800 g/mol. The highest BCUT2D eigenvalue weighted by molar-refractivity contribution is 6.42. The van der Waals surface area contributed by atoms with Crippen molar-refractivity contribution in [2.75, 3.05) is 52.9 Å². The zero-order valence-electron chi connectivity index (χ0n) is 65.0. The monoisotopic (exact) mass is 1790 g/mol. The lowest BCUT2D eigenvalue weighted by Crippen LogP contribution is -2.34. The van der Waals surface area contributed by atoms with E-state index in [2.05, 4.69) is 44.9 Å². The molecular weight excluding hydrogens is 1700 g/mol. The van der Waals surface area contributed by atoms with Crippen LogP contribution in [-0.2, 0) is 73.0 Å². The first-order chi connectivity index (χ1) is 55.3. The Labute approximate surface area is 717 Å². The Morgan fingerprint density at radius 2 is 0.690 bits per heavy atom. The minimum atomic E-state index is -0.329. The molecule has 36 heteroatoms. The van der Waals surface area contributed by atoms with E-state index in [1.165, 1.54) is 75.4 Å². The largest absolute Gasteiger partial charge is 0.504 e. The number of piperidine rings is 3. The molecule has 5 aromatic heterocycles. The van der Waals surface area contributed by atoms with E-state index in [1.54, 1.807) is 35.4 Å². The van der Waals surface area contributed by atoms with Crippen LogP contribution < -0.4 is 33.1 Å². The fourth-order valence-electron chi connectivity index (χ4n) is 14.1. The molecule has 6 N–H and O–H groups in total. The van der Waals surface area contributed by atoms with Crippen molar-refractivity contribution in [2.24, 2.45) is 14.1 Å². The van der Waals surface area contributed by atoms with Crippen LogP contribution in [0.1, 0.15) is 133 Å². The van der Waals surface area contributed by atoms with Crippen molar-refractivity contribution in [1.82, 2.24) is 72.7 Å². The Hall–Kier alpha value is -7.35. The van der Waals surface area contributed by atoms with Gasteiger partial charge in [-0.25, -0.2) is 29.3 Å². The fourth-order valence-corrected chi connectivity index (χ4v) is 16.8. The quantitative estimate of drug-likeness (QED) is 0.0435. The van der Waals surface area contributed by atoms with Gasteiger partial charge in [-0.05, 0) is 166 Å². The molecule has 6 aromatic carbocycles. The molecule has 25 nitrogen and oxygen atoms in total. The lowest BCUT2D eigenvalue weighted by molar-refractivity contribution is 0.212. The van der Waals surface area contributed by atoms with Gasteiger partial charge in [0, 0.05) is 40.3 Å². The van der Waals surface area contributed by atoms with Crippen molar-refractivity contribution < 1.29 is 29.9 Å². The summed E-state index contributed by atoms with van der Waals surface area (Å²) in [7, 11) is 5.17. The molecule has 0 radical (unpaired) electrons. The van der Waals surface area contributed by atoms with Crippen molar-refractivity contribution in [3.8, 4) is 28.7 Å². The molecule has 0 atom stereocenters. The normalized spacial score (nSPS) is 14.2. The van der Waals surface area contributed by atoms with E-state index < -0.39 is 0 Å². The van der Waals surface area contributed by atoms with Gasteiger partial charge in [-0.15, -0.1) is 0 Å². The van der Waals surface area contributed by atoms with Gasteiger partial charge in [0.2, 0.25) is 0 Å². The predicted molar refractivity (Wildman–Crippen MR) is 463 cm³/mol. The molecule has 3 aliphatic heterocycles. The molecule has 3 fully saturated rings. The Morgan fingerprint density at radius 1 is 0.388 bits per heavy atom. The zero-order chi connectivity index (χ0) is 84.3. The first kappa shape index (κ1) is 91.0. The number of nitrogens with one attached hydrogen (secondary N) is 1. The number of likely N-dealkylation sites (tertiary alicyclic amines) is 3. The molecule has 0 amide bonds. The molecule has 0 unspecified atom stereocenters. The van der Waals surface area contributed by atoms with Crippen LogP contribution in [0.3, 0.4) is 0 Å². The van der Waals surface area contributed by atoms with Crippen LogP contribution in [0.5, 0.6) is 28.7 Å². The number of aromatic hydroxyl groups is 5. The smallest absolute Gasteiger partial charge is 0.263 e. The summed E-state index contributed by atoms with van der Waals surface area (Å²) in [5, 5.41) is 56.3. The summed E-state index contributed by atoms with van der Waals surface area (Å²) in [6.45, 7) is 19.2. The second kappa shape index (κ2) is 41.1. The summed E-state index contributed by atoms with van der Waals surface area (Å²) < 4.78 is 20.8. The third-order valence-electron chi connectivity index (χ3n) is 20.2. The molecule has 0 bridgehead atoms. The van der Waals surface area contributed by atoms with Crippen molar-refractivity contribution in [1.29, 1.82) is 0 Å². The van der Waals surface area contributed by atoms with Crippen molar-refractivity contribution >= 4 is 171 Å². The number of benzene rings is 6. The van der Waals surface area contributed by atoms with Gasteiger partial charge in [-0.1, -0.05) is 161 Å². The molecule has 3 aliphatic rings. The lowest BCUT2D eigenvalue weighted by Gasteiger charge is -2.27. The number of phenolic OH excluding ortho intramolecular Hbond substituents is 5. The minimum absolute atomic E-state index is 0.0410. The molecule has 3 saturated heterocycles. The predicted octanol–water partition coefficient (Wildman–Crippen LogP) is 16.8. The highest BCUT2D eigenvalue weighted by Gasteiger charge is 2.27. The van der Waals surface area contributed by atoms with Crippen molar-refractivity contribution in [3.05, 3.63) is 197 Å². The molecular formula is C80H90Cl10FN15O10. The van der Waals surface area contributed by atoms with Gasteiger partial charge in [0.25, 0.3) is 27.8 Å². The van der Waals surface area contributed by atoms with E-state index >= 15 is 0 Å². The van der Waals surface area contributed by atoms with Crippen LogP contribution >= 0.6 is 116 Å². The number of halogens is 11. The van der Waals surface area contributed by atoms with Gasteiger partial charge < -0.3 is 30.8 Å². The Bertz CT molecular complexity index is 5780. The standard InChI is InChI=1S/C19H18Cl2FN3O2.C17H21Cl2N3O2.C16H19Cl2N3O2.C15H17Cl2N3O2.C13H15Cl2N3O2/c1-3-25-15(10-24(2)9-11-4-6-12(22)7-5-11)23-17-16(19(25)27)13(20)8-14(21)18(17)26;1-2-6-22-13(10-21-7-4-3-5-8-21)20-15-14(17(22)24)11(18)9-12(19)16(15)23;1-2-21-12(9-20-6-4-3-5-7-20)19-14-13(16(21)23)10(17)8-11(18)15(14)22;1-19-11(8-20-5-3-2-4-6-20)18-13-12(15(19)22)9(16)7-10(17)14(13)21;1-3-4-16-6-9-17-11-10(13(20)18(9)2)7(14)5-8(15)12(11)19/h4-8,26H,3,9-10H2,1-2H3;9,23H,2-8,10H2,1H3;8,22H,2-7,9H2,1H3;7,21H,2-6,8H2,1H3;5,16,19H,3-4,6H2,1-2H3. The summed E-state index contributed by atoms with van der Waals surface area (Å²) in [5.41, 5.74) is 0.352.